The fourth-order valence-corrected chi connectivity index (χ4v) is 3.50. The molecule has 0 atom stereocenters. The number of nitrogens with zero attached hydrogens (tertiary/aromatic N) is 2. The van der Waals surface area contributed by atoms with Crippen LogP contribution in [0, 0.1) is 0 Å². The Bertz CT molecular complexity index is 1050. The second kappa shape index (κ2) is 7.82. The summed E-state index contributed by atoms with van der Waals surface area (Å²) in [6.45, 7) is 0.633. The summed E-state index contributed by atoms with van der Waals surface area (Å²) < 4.78 is 0. The largest absolute Gasteiger partial charge is 0.319 e. The average molecular weight is 392 g/mol. The Morgan fingerprint density at radius 3 is 2.54 bits per heavy atom. The molecular formula is C22H18ClN3O2. The maximum Gasteiger partial charge on any atom is 0.276 e. The summed E-state index contributed by atoms with van der Waals surface area (Å²) in [6.07, 6.45) is 1.85. The van der Waals surface area contributed by atoms with E-state index in [1.807, 2.05) is 24.3 Å². The highest BCUT2D eigenvalue weighted by molar-refractivity contribution is 6.33. The molecule has 1 aromatic heterocycles. The molecule has 0 radical (unpaired) electrons. The fraction of sp³-hybridized carbons (Fsp3) is 0.136. The second-order valence-electron chi connectivity index (χ2n) is 6.53. The predicted octanol–water partition coefficient (Wildman–Crippen LogP) is 4.58. The monoisotopic (exact) mass is 391 g/mol. The third-order valence-electron chi connectivity index (χ3n) is 4.68. The van der Waals surface area contributed by atoms with Crippen molar-refractivity contribution in [1.82, 2.24) is 4.98 Å². The average Bonchev–Trinajstić information content (AvgIpc) is 2.74. The number of benzene rings is 2. The maximum atomic E-state index is 13.1. The molecule has 0 saturated carbocycles. The number of pyridine rings is 1. The zero-order valence-electron chi connectivity index (χ0n) is 15.1. The molecule has 1 aliphatic heterocycles. The van der Waals surface area contributed by atoms with Crippen molar-refractivity contribution in [3.05, 3.63) is 88.7 Å². The van der Waals surface area contributed by atoms with Crippen LogP contribution in [0.5, 0.6) is 0 Å². The van der Waals surface area contributed by atoms with E-state index in [-0.39, 0.29) is 17.3 Å². The van der Waals surface area contributed by atoms with Crippen LogP contribution in [-0.4, -0.2) is 23.3 Å². The van der Waals surface area contributed by atoms with Crippen LogP contribution >= 0.6 is 11.6 Å². The number of anilines is 2. The summed E-state index contributed by atoms with van der Waals surface area (Å²) in [5.41, 5.74) is 2.96. The van der Waals surface area contributed by atoms with Crippen LogP contribution in [0.3, 0.4) is 0 Å². The topological polar surface area (TPSA) is 62.3 Å². The maximum absolute atomic E-state index is 13.1. The van der Waals surface area contributed by atoms with Crippen LogP contribution < -0.4 is 10.2 Å². The molecule has 0 unspecified atom stereocenters. The first kappa shape index (κ1) is 18.2. The first-order chi connectivity index (χ1) is 13.6. The van der Waals surface area contributed by atoms with Gasteiger partial charge < -0.3 is 10.2 Å². The number of aromatic nitrogens is 1. The lowest BCUT2D eigenvalue weighted by atomic mass is 10.0. The number of halogens is 1. The minimum absolute atomic E-state index is 0.163. The second-order valence-corrected chi connectivity index (χ2v) is 6.94. The molecule has 140 valence electrons. The number of carbonyl (C=O) groups excluding carboxylic acids is 2. The van der Waals surface area contributed by atoms with Crippen molar-refractivity contribution in [3.63, 3.8) is 0 Å². The number of para-hydroxylation sites is 2. The summed E-state index contributed by atoms with van der Waals surface area (Å²) in [4.78, 5) is 31.7. The molecule has 3 aromatic rings. The molecule has 0 spiro atoms. The Labute approximate surface area is 168 Å². The van der Waals surface area contributed by atoms with Gasteiger partial charge in [0.05, 0.1) is 10.7 Å². The number of carbonyl (C=O) groups is 2. The number of nitrogens with one attached hydrogen (secondary N) is 1. The third-order valence-corrected chi connectivity index (χ3v) is 5.01. The van der Waals surface area contributed by atoms with E-state index in [0.29, 0.717) is 17.3 Å². The van der Waals surface area contributed by atoms with Crippen molar-refractivity contribution < 1.29 is 9.59 Å². The number of rotatable bonds is 3. The van der Waals surface area contributed by atoms with Gasteiger partial charge in [0.2, 0.25) is 0 Å². The fourth-order valence-electron chi connectivity index (χ4n) is 3.31. The van der Waals surface area contributed by atoms with E-state index >= 15 is 0 Å². The quantitative estimate of drug-likeness (QED) is 0.710. The van der Waals surface area contributed by atoms with Crippen LogP contribution in [0.1, 0.15) is 33.0 Å². The minimum Gasteiger partial charge on any atom is -0.319 e. The highest BCUT2D eigenvalue weighted by atomic mass is 35.5. The number of amides is 2. The first-order valence-electron chi connectivity index (χ1n) is 9.06. The van der Waals surface area contributed by atoms with Crippen LogP contribution in [0.15, 0.2) is 66.7 Å². The normalized spacial score (nSPS) is 13.0. The zero-order chi connectivity index (χ0) is 19.5. The summed E-state index contributed by atoms with van der Waals surface area (Å²) >= 11 is 6.09. The Morgan fingerprint density at radius 2 is 1.68 bits per heavy atom. The van der Waals surface area contributed by atoms with Gasteiger partial charge in [-0.2, -0.15) is 0 Å². The van der Waals surface area contributed by atoms with E-state index < -0.39 is 5.91 Å². The van der Waals surface area contributed by atoms with Gasteiger partial charge in [0.1, 0.15) is 11.4 Å². The Morgan fingerprint density at radius 1 is 0.929 bits per heavy atom. The van der Waals surface area contributed by atoms with E-state index in [9.17, 15) is 9.59 Å². The van der Waals surface area contributed by atoms with E-state index in [1.165, 1.54) is 0 Å². The van der Waals surface area contributed by atoms with Crippen LogP contribution in [0.4, 0.5) is 11.4 Å². The standard InChI is InChI=1S/C22H18ClN3O2/c23-16-9-2-3-10-17(16)25-21(27)18-11-5-12-19(24-18)22(28)26-14-6-8-15-7-1-4-13-20(15)26/h1-5,7,9-13H,6,8,14H2,(H,25,27). The van der Waals surface area contributed by atoms with Crippen LogP contribution in [0.2, 0.25) is 5.02 Å². The Kier molecular flexibility index (Phi) is 5.08. The minimum atomic E-state index is -0.415. The molecule has 0 fully saturated rings. The van der Waals surface area contributed by atoms with E-state index in [1.54, 1.807) is 47.4 Å². The van der Waals surface area contributed by atoms with Gasteiger partial charge in [-0.1, -0.05) is 48.0 Å². The van der Waals surface area contributed by atoms with Crippen LogP contribution in [-0.2, 0) is 6.42 Å². The summed E-state index contributed by atoms with van der Waals surface area (Å²) in [6, 6.07) is 19.7. The highest BCUT2D eigenvalue weighted by Crippen LogP contribution is 2.28. The van der Waals surface area contributed by atoms with Crippen molar-refractivity contribution in [1.29, 1.82) is 0 Å². The Hall–Kier alpha value is -3.18. The molecule has 0 saturated heterocycles. The highest BCUT2D eigenvalue weighted by Gasteiger charge is 2.24. The molecule has 2 heterocycles. The van der Waals surface area contributed by atoms with Gasteiger partial charge in [-0.3, -0.25) is 9.59 Å². The predicted molar refractivity (Wildman–Crippen MR) is 110 cm³/mol. The van der Waals surface area contributed by atoms with Gasteiger partial charge in [0.15, 0.2) is 0 Å². The number of hydrogen-bond acceptors (Lipinski definition) is 3. The van der Waals surface area contributed by atoms with E-state index in [0.717, 1.165) is 24.1 Å². The van der Waals surface area contributed by atoms with Crippen molar-refractivity contribution >= 4 is 34.8 Å². The van der Waals surface area contributed by atoms with E-state index in [4.69, 9.17) is 11.6 Å². The van der Waals surface area contributed by atoms with Crippen molar-refractivity contribution in [2.24, 2.45) is 0 Å². The molecule has 2 amide bonds. The Balaban J connectivity index is 1.58. The van der Waals surface area contributed by atoms with Gasteiger partial charge in [0, 0.05) is 12.2 Å². The van der Waals surface area contributed by atoms with Crippen LogP contribution in [0.25, 0.3) is 0 Å². The lowest BCUT2D eigenvalue weighted by Crippen LogP contribution is -2.36. The third kappa shape index (κ3) is 3.62. The number of hydrogen-bond donors (Lipinski definition) is 1. The van der Waals surface area contributed by atoms with Crippen molar-refractivity contribution in [3.8, 4) is 0 Å². The van der Waals surface area contributed by atoms with Crippen molar-refractivity contribution in [2.75, 3.05) is 16.8 Å². The molecule has 6 heteroatoms. The number of fused-ring (bicyclic) bond motifs is 1. The number of aryl methyl sites for hydroxylation is 1. The summed E-state index contributed by atoms with van der Waals surface area (Å²) in [5.74, 6) is -0.624. The molecule has 1 aliphatic rings. The smallest absolute Gasteiger partial charge is 0.276 e. The van der Waals surface area contributed by atoms with Gasteiger partial charge in [-0.15, -0.1) is 0 Å². The van der Waals surface area contributed by atoms with E-state index in [2.05, 4.69) is 10.3 Å². The molecular weight excluding hydrogens is 374 g/mol. The lowest BCUT2D eigenvalue weighted by molar-refractivity contribution is 0.0980. The molecule has 0 bridgehead atoms. The zero-order valence-corrected chi connectivity index (χ0v) is 15.8. The first-order valence-corrected chi connectivity index (χ1v) is 9.44. The van der Waals surface area contributed by atoms with Gasteiger partial charge in [-0.25, -0.2) is 4.98 Å². The molecule has 0 aliphatic carbocycles. The molecule has 4 rings (SSSR count). The van der Waals surface area contributed by atoms with Gasteiger partial charge in [-0.05, 0) is 48.7 Å². The molecule has 28 heavy (non-hydrogen) atoms. The van der Waals surface area contributed by atoms with Gasteiger partial charge in [0.25, 0.3) is 11.8 Å². The summed E-state index contributed by atoms with van der Waals surface area (Å²) in [7, 11) is 0. The SMILES string of the molecule is O=C(Nc1ccccc1Cl)c1cccc(C(=O)N2CCCc3ccccc32)n1. The van der Waals surface area contributed by atoms with Gasteiger partial charge >= 0.3 is 0 Å². The molecule has 2 aromatic carbocycles. The van der Waals surface area contributed by atoms with Crippen molar-refractivity contribution in [2.45, 2.75) is 12.8 Å². The molecule has 5 nitrogen and oxygen atoms in total. The summed E-state index contributed by atoms with van der Waals surface area (Å²) in [5, 5.41) is 3.17. The molecule has 1 N–H and O–H groups in total. The lowest BCUT2D eigenvalue weighted by Gasteiger charge is -2.29.